The van der Waals surface area contributed by atoms with Crippen molar-refractivity contribution in [1.29, 1.82) is 0 Å². The van der Waals surface area contributed by atoms with Crippen LogP contribution in [0.3, 0.4) is 0 Å². The van der Waals surface area contributed by atoms with Crippen LogP contribution in [-0.2, 0) is 24.4 Å². The summed E-state index contributed by atoms with van der Waals surface area (Å²) in [4.78, 5) is 5.00. The topological polar surface area (TPSA) is 71.3 Å². The Labute approximate surface area is 133 Å². The molecule has 0 bridgehead atoms. The average molecular weight is 319 g/mol. The van der Waals surface area contributed by atoms with Gasteiger partial charge in [0.05, 0.1) is 23.0 Å². The van der Waals surface area contributed by atoms with Crippen LogP contribution in [0, 0.1) is 0 Å². The number of aromatic nitrogens is 2. The molecule has 1 atom stereocenters. The van der Waals surface area contributed by atoms with Crippen molar-refractivity contribution in [2.24, 2.45) is 12.0 Å². The summed E-state index contributed by atoms with van der Waals surface area (Å²) in [7, 11) is 2.62. The molecule has 0 spiro atoms. The van der Waals surface area contributed by atoms with Crippen LogP contribution in [0.15, 0.2) is 52.5 Å². The Kier molecular flexibility index (Phi) is 6.14. The third-order valence-corrected chi connectivity index (χ3v) is 4.54. The molecule has 7 heteroatoms. The zero-order valence-electron chi connectivity index (χ0n) is 12.8. The largest absolute Gasteiger partial charge is 0.355 e. The number of benzene rings is 1. The number of nitrogens with one attached hydrogen (secondary N) is 2. The highest BCUT2D eigenvalue weighted by Crippen LogP contribution is 2.04. The van der Waals surface area contributed by atoms with E-state index in [-0.39, 0.29) is 0 Å². The molecule has 1 heterocycles. The third kappa shape index (κ3) is 4.70. The van der Waals surface area contributed by atoms with Gasteiger partial charge in [-0.15, -0.1) is 0 Å². The molecule has 118 valence electrons. The van der Waals surface area contributed by atoms with Gasteiger partial charge in [-0.25, -0.2) is 0 Å². The molecule has 0 amide bonds. The van der Waals surface area contributed by atoms with Crippen molar-refractivity contribution in [3.8, 4) is 0 Å². The van der Waals surface area contributed by atoms with Crippen LogP contribution in [0.4, 0.5) is 0 Å². The number of aliphatic imine (C=N–C) groups is 1. The molecule has 1 aromatic carbocycles. The first-order valence-electron chi connectivity index (χ1n) is 7.05. The van der Waals surface area contributed by atoms with Gasteiger partial charge in [-0.1, -0.05) is 18.2 Å². The zero-order chi connectivity index (χ0) is 15.8. The summed E-state index contributed by atoms with van der Waals surface area (Å²) in [5.41, 5.74) is 1.07. The number of rotatable bonds is 6. The van der Waals surface area contributed by atoms with E-state index in [4.69, 9.17) is 0 Å². The van der Waals surface area contributed by atoms with Gasteiger partial charge < -0.3 is 10.6 Å². The molecule has 0 aliphatic heterocycles. The van der Waals surface area contributed by atoms with E-state index < -0.39 is 10.8 Å². The van der Waals surface area contributed by atoms with Gasteiger partial charge in [0.25, 0.3) is 0 Å². The molecular weight excluding hydrogens is 298 g/mol. The molecule has 0 radical (unpaired) electrons. The Bertz CT molecular complexity index is 638. The lowest BCUT2D eigenvalue weighted by atomic mass is 10.4. The number of hydrogen-bond donors (Lipinski definition) is 2. The molecule has 1 aromatic heterocycles. The van der Waals surface area contributed by atoms with Gasteiger partial charge in [0.1, 0.15) is 0 Å². The molecular formula is C15H21N5OS. The maximum Gasteiger partial charge on any atom is 0.191 e. The Morgan fingerprint density at radius 2 is 2.05 bits per heavy atom. The molecule has 2 aromatic rings. The highest BCUT2D eigenvalue weighted by atomic mass is 32.2. The van der Waals surface area contributed by atoms with Crippen molar-refractivity contribution >= 4 is 16.8 Å². The predicted octanol–water partition coefficient (Wildman–Crippen LogP) is 0.893. The van der Waals surface area contributed by atoms with E-state index >= 15 is 0 Å². The first-order chi connectivity index (χ1) is 10.7. The maximum absolute atomic E-state index is 12.1. The molecule has 0 fully saturated rings. The smallest absolute Gasteiger partial charge is 0.191 e. The molecule has 1 unspecified atom stereocenters. The lowest BCUT2D eigenvalue weighted by Crippen LogP contribution is -2.39. The predicted molar refractivity (Wildman–Crippen MR) is 89.1 cm³/mol. The van der Waals surface area contributed by atoms with Gasteiger partial charge >= 0.3 is 0 Å². The van der Waals surface area contributed by atoms with Crippen molar-refractivity contribution in [3.05, 3.63) is 48.3 Å². The number of aryl methyl sites for hydroxylation is 1. The molecule has 0 aliphatic carbocycles. The molecule has 0 saturated carbocycles. The Hall–Kier alpha value is -2.15. The molecule has 6 nitrogen and oxygen atoms in total. The second-order valence-corrected chi connectivity index (χ2v) is 6.23. The summed E-state index contributed by atoms with van der Waals surface area (Å²) in [6.45, 7) is 1.23. The van der Waals surface area contributed by atoms with Crippen molar-refractivity contribution in [2.75, 3.05) is 19.3 Å². The Morgan fingerprint density at radius 3 is 2.68 bits per heavy atom. The van der Waals surface area contributed by atoms with Crippen LogP contribution in [0.5, 0.6) is 0 Å². The van der Waals surface area contributed by atoms with Crippen molar-refractivity contribution in [2.45, 2.75) is 11.4 Å². The van der Waals surface area contributed by atoms with Crippen LogP contribution in [0.2, 0.25) is 0 Å². The van der Waals surface area contributed by atoms with E-state index in [0.717, 1.165) is 10.6 Å². The molecule has 2 N–H and O–H groups in total. The van der Waals surface area contributed by atoms with Gasteiger partial charge in [0, 0.05) is 37.5 Å². The summed E-state index contributed by atoms with van der Waals surface area (Å²) in [6.07, 6.45) is 1.76. The van der Waals surface area contributed by atoms with Gasteiger partial charge in [0.2, 0.25) is 0 Å². The van der Waals surface area contributed by atoms with E-state index in [1.165, 1.54) is 0 Å². The minimum absolute atomic E-state index is 0.538. The first-order valence-corrected chi connectivity index (χ1v) is 8.37. The molecule has 2 rings (SSSR count). The molecule has 22 heavy (non-hydrogen) atoms. The normalized spacial score (nSPS) is 12.9. The summed E-state index contributed by atoms with van der Waals surface area (Å²) in [5, 5.41) is 10.5. The SMILES string of the molecule is CN=C(NCCS(=O)c1ccccc1)NCc1ccnn1C. The minimum Gasteiger partial charge on any atom is -0.355 e. The highest BCUT2D eigenvalue weighted by molar-refractivity contribution is 7.85. The zero-order valence-corrected chi connectivity index (χ0v) is 13.6. The van der Waals surface area contributed by atoms with E-state index in [2.05, 4.69) is 20.7 Å². The van der Waals surface area contributed by atoms with E-state index in [1.54, 1.807) is 13.2 Å². The number of hydrogen-bond acceptors (Lipinski definition) is 3. The van der Waals surface area contributed by atoms with E-state index in [9.17, 15) is 4.21 Å². The monoisotopic (exact) mass is 319 g/mol. The van der Waals surface area contributed by atoms with Crippen molar-refractivity contribution in [1.82, 2.24) is 20.4 Å². The summed E-state index contributed by atoms with van der Waals surface area (Å²) in [5.74, 6) is 1.22. The standard InChI is InChI=1S/C15H21N5OS/c1-16-15(18-12-13-8-9-19-20(13)2)17-10-11-22(21)14-6-4-3-5-7-14/h3-9H,10-12H2,1-2H3,(H2,16,17,18). The average Bonchev–Trinajstić information content (AvgIpc) is 2.96. The van der Waals surface area contributed by atoms with E-state index in [1.807, 2.05) is 48.1 Å². The maximum atomic E-state index is 12.1. The summed E-state index contributed by atoms with van der Waals surface area (Å²) >= 11 is 0. The second kappa shape index (κ2) is 8.33. The fourth-order valence-corrected chi connectivity index (χ4v) is 2.91. The van der Waals surface area contributed by atoms with Gasteiger partial charge in [0.15, 0.2) is 5.96 Å². The van der Waals surface area contributed by atoms with Crippen LogP contribution in [0.1, 0.15) is 5.69 Å². The highest BCUT2D eigenvalue weighted by Gasteiger charge is 2.04. The molecule has 0 saturated heterocycles. The first kappa shape index (κ1) is 16.2. The van der Waals surface area contributed by atoms with Gasteiger partial charge in [-0.3, -0.25) is 13.9 Å². The molecule has 0 aliphatic rings. The summed E-state index contributed by atoms with van der Waals surface area (Å²) in [6, 6.07) is 11.4. The van der Waals surface area contributed by atoms with Crippen LogP contribution in [-0.4, -0.2) is 39.3 Å². The van der Waals surface area contributed by atoms with Crippen LogP contribution < -0.4 is 10.6 Å². The Balaban J connectivity index is 1.75. The lowest BCUT2D eigenvalue weighted by Gasteiger charge is -2.11. The minimum atomic E-state index is -0.998. The van der Waals surface area contributed by atoms with Gasteiger partial charge in [-0.2, -0.15) is 5.10 Å². The fourth-order valence-electron chi connectivity index (χ4n) is 1.92. The van der Waals surface area contributed by atoms with Crippen LogP contribution in [0.25, 0.3) is 0 Å². The van der Waals surface area contributed by atoms with E-state index in [0.29, 0.717) is 24.8 Å². The second-order valence-electron chi connectivity index (χ2n) is 4.66. The third-order valence-electron chi connectivity index (χ3n) is 3.17. The van der Waals surface area contributed by atoms with Crippen molar-refractivity contribution < 1.29 is 4.21 Å². The Morgan fingerprint density at radius 1 is 1.27 bits per heavy atom. The van der Waals surface area contributed by atoms with Gasteiger partial charge in [-0.05, 0) is 18.2 Å². The fraction of sp³-hybridized carbons (Fsp3) is 0.333. The number of guanidine groups is 1. The van der Waals surface area contributed by atoms with Crippen molar-refractivity contribution in [3.63, 3.8) is 0 Å². The summed E-state index contributed by atoms with van der Waals surface area (Å²) < 4.78 is 13.9. The van der Waals surface area contributed by atoms with Crippen LogP contribution >= 0.6 is 0 Å². The lowest BCUT2D eigenvalue weighted by molar-refractivity contribution is 0.678. The quantitative estimate of drug-likeness (QED) is 0.613. The number of nitrogens with zero attached hydrogens (tertiary/aromatic N) is 3.